The fraction of sp³-hybridized carbons (Fsp3) is 0.467. The Balaban J connectivity index is 2.02. The van der Waals surface area contributed by atoms with Gasteiger partial charge < -0.3 is 26.0 Å². The third-order valence-electron chi connectivity index (χ3n) is 6.71. The summed E-state index contributed by atoms with van der Waals surface area (Å²) >= 11 is 0. The van der Waals surface area contributed by atoms with Gasteiger partial charge in [-0.1, -0.05) is 48.0 Å². The van der Waals surface area contributed by atoms with E-state index in [4.69, 9.17) is 10.5 Å². The van der Waals surface area contributed by atoms with Crippen molar-refractivity contribution < 1.29 is 23.9 Å². The monoisotopic (exact) mass is 536 g/mol. The number of nitrogens with one attached hydrogen (secondary N) is 2. The molecule has 0 aromatic heterocycles. The number of primary amides is 1. The number of nitrogens with zero attached hydrogens (tertiary/aromatic N) is 1. The standard InChI is InChI=1S/C30H40N4O5/c1-19-13-15-21(16-14-19)26(27(36)32-23-12-7-6-9-20(23)2)34(22-10-8-11-22)28(37)24(17-18-25(31)35)33-29(38)39-30(3,4)5/h6-7,9,12-16,22,24,26H,8,10-11,17-18H2,1-5H3,(H2,31,35)(H,32,36)(H,33,38). The number of ether oxygens (including phenoxy) is 1. The lowest BCUT2D eigenvalue weighted by molar-refractivity contribution is -0.146. The van der Waals surface area contributed by atoms with Crippen molar-refractivity contribution in [3.63, 3.8) is 0 Å². The van der Waals surface area contributed by atoms with Gasteiger partial charge in [0.2, 0.25) is 11.8 Å². The van der Waals surface area contributed by atoms with E-state index in [-0.39, 0.29) is 24.8 Å². The highest BCUT2D eigenvalue weighted by atomic mass is 16.6. The van der Waals surface area contributed by atoms with Crippen molar-refractivity contribution in [2.45, 2.75) is 90.4 Å². The molecular weight excluding hydrogens is 496 g/mol. The summed E-state index contributed by atoms with van der Waals surface area (Å²) in [5, 5.41) is 5.64. The molecule has 9 heteroatoms. The zero-order valence-electron chi connectivity index (χ0n) is 23.5. The number of hydrogen-bond donors (Lipinski definition) is 3. The topological polar surface area (TPSA) is 131 Å². The number of nitrogens with two attached hydrogens (primary N) is 1. The molecule has 39 heavy (non-hydrogen) atoms. The molecule has 1 fully saturated rings. The molecule has 9 nitrogen and oxygen atoms in total. The van der Waals surface area contributed by atoms with Crippen LogP contribution in [0.2, 0.25) is 0 Å². The summed E-state index contributed by atoms with van der Waals surface area (Å²) < 4.78 is 5.39. The van der Waals surface area contributed by atoms with Gasteiger partial charge in [0, 0.05) is 18.2 Å². The first-order chi connectivity index (χ1) is 18.4. The van der Waals surface area contributed by atoms with Gasteiger partial charge in [0.05, 0.1) is 0 Å². The highest BCUT2D eigenvalue weighted by Crippen LogP contribution is 2.35. The lowest BCUT2D eigenvalue weighted by atomic mass is 9.87. The third kappa shape index (κ3) is 8.30. The van der Waals surface area contributed by atoms with Crippen molar-refractivity contribution in [1.29, 1.82) is 0 Å². The second-order valence-electron chi connectivity index (χ2n) is 11.2. The predicted molar refractivity (Wildman–Crippen MR) is 150 cm³/mol. The highest BCUT2D eigenvalue weighted by Gasteiger charge is 2.42. The summed E-state index contributed by atoms with van der Waals surface area (Å²) in [6, 6.07) is 12.7. The van der Waals surface area contributed by atoms with E-state index in [1.165, 1.54) is 0 Å². The minimum Gasteiger partial charge on any atom is -0.444 e. The van der Waals surface area contributed by atoms with E-state index in [0.717, 1.165) is 30.4 Å². The van der Waals surface area contributed by atoms with Gasteiger partial charge in [0.25, 0.3) is 5.91 Å². The maximum Gasteiger partial charge on any atom is 0.408 e. The van der Waals surface area contributed by atoms with Gasteiger partial charge in [-0.3, -0.25) is 14.4 Å². The maximum absolute atomic E-state index is 14.2. The molecule has 3 rings (SSSR count). The molecule has 4 N–H and O–H groups in total. The fourth-order valence-electron chi connectivity index (χ4n) is 4.46. The van der Waals surface area contributed by atoms with Gasteiger partial charge in [0.1, 0.15) is 17.7 Å². The van der Waals surface area contributed by atoms with Crippen LogP contribution in [0.15, 0.2) is 48.5 Å². The Kier molecular flexibility index (Phi) is 9.72. The molecule has 0 bridgehead atoms. The smallest absolute Gasteiger partial charge is 0.408 e. The molecule has 1 aliphatic carbocycles. The Labute approximate surface area is 230 Å². The molecule has 0 radical (unpaired) electrons. The van der Waals surface area contributed by atoms with E-state index in [9.17, 15) is 19.2 Å². The Bertz CT molecular complexity index is 1180. The average molecular weight is 537 g/mol. The first kappa shape index (κ1) is 29.7. The van der Waals surface area contributed by atoms with E-state index in [1.807, 2.05) is 62.4 Å². The summed E-state index contributed by atoms with van der Waals surface area (Å²) in [5.41, 5.74) is 7.81. The summed E-state index contributed by atoms with van der Waals surface area (Å²) in [4.78, 5) is 54.1. The van der Waals surface area contributed by atoms with E-state index in [1.54, 1.807) is 25.7 Å². The molecule has 1 aliphatic rings. The molecule has 4 amide bonds. The highest BCUT2D eigenvalue weighted by molar-refractivity contribution is 5.99. The quantitative estimate of drug-likeness (QED) is 0.411. The van der Waals surface area contributed by atoms with Crippen molar-refractivity contribution in [1.82, 2.24) is 10.2 Å². The molecule has 0 spiro atoms. The zero-order valence-corrected chi connectivity index (χ0v) is 23.5. The molecule has 2 atom stereocenters. The van der Waals surface area contributed by atoms with Crippen LogP contribution >= 0.6 is 0 Å². The lowest BCUT2D eigenvalue weighted by Gasteiger charge is -2.43. The molecule has 210 valence electrons. The number of rotatable bonds is 10. The van der Waals surface area contributed by atoms with Crippen LogP contribution in [0.3, 0.4) is 0 Å². The largest absolute Gasteiger partial charge is 0.444 e. The van der Waals surface area contributed by atoms with Crippen LogP contribution in [-0.4, -0.2) is 46.4 Å². The molecule has 0 heterocycles. The minimum atomic E-state index is -1.10. The van der Waals surface area contributed by atoms with E-state index in [0.29, 0.717) is 11.3 Å². The number of aryl methyl sites for hydroxylation is 2. The number of carbonyl (C=O) groups excluding carboxylic acids is 4. The van der Waals surface area contributed by atoms with Crippen LogP contribution in [-0.2, 0) is 19.1 Å². The second kappa shape index (κ2) is 12.8. The third-order valence-corrected chi connectivity index (χ3v) is 6.71. The van der Waals surface area contributed by atoms with Crippen molar-refractivity contribution in [3.8, 4) is 0 Å². The Hall–Kier alpha value is -3.88. The van der Waals surface area contributed by atoms with Gasteiger partial charge in [-0.25, -0.2) is 4.79 Å². The normalized spacial score (nSPS) is 14.9. The fourth-order valence-corrected chi connectivity index (χ4v) is 4.46. The number of para-hydroxylation sites is 1. The van der Waals surface area contributed by atoms with Gasteiger partial charge in [-0.15, -0.1) is 0 Å². The van der Waals surface area contributed by atoms with Crippen LogP contribution in [0.4, 0.5) is 10.5 Å². The first-order valence-electron chi connectivity index (χ1n) is 13.4. The molecule has 2 aromatic carbocycles. The van der Waals surface area contributed by atoms with Gasteiger partial charge in [-0.2, -0.15) is 0 Å². The zero-order chi connectivity index (χ0) is 28.7. The lowest BCUT2D eigenvalue weighted by Crippen LogP contribution is -2.57. The van der Waals surface area contributed by atoms with E-state index >= 15 is 0 Å². The van der Waals surface area contributed by atoms with Crippen LogP contribution < -0.4 is 16.4 Å². The van der Waals surface area contributed by atoms with Gasteiger partial charge >= 0.3 is 6.09 Å². The maximum atomic E-state index is 14.2. The summed E-state index contributed by atoms with van der Waals surface area (Å²) in [5.74, 6) is -1.42. The van der Waals surface area contributed by atoms with E-state index < -0.39 is 35.6 Å². The Morgan fingerprint density at radius 3 is 2.21 bits per heavy atom. The van der Waals surface area contributed by atoms with Gasteiger partial charge in [-0.05, 0) is 77.5 Å². The van der Waals surface area contributed by atoms with Crippen molar-refractivity contribution in [3.05, 3.63) is 65.2 Å². The van der Waals surface area contributed by atoms with E-state index in [2.05, 4.69) is 10.6 Å². The van der Waals surface area contributed by atoms with Crippen molar-refractivity contribution in [2.24, 2.45) is 5.73 Å². The minimum absolute atomic E-state index is 0.0172. The number of anilines is 1. The molecule has 2 unspecified atom stereocenters. The number of hydrogen-bond acceptors (Lipinski definition) is 5. The second-order valence-corrected chi connectivity index (χ2v) is 11.2. The number of carbonyl (C=O) groups is 4. The van der Waals surface area contributed by atoms with Crippen LogP contribution in [0.25, 0.3) is 0 Å². The molecule has 2 aromatic rings. The summed E-state index contributed by atoms with van der Waals surface area (Å²) in [6.45, 7) is 9.01. The predicted octanol–water partition coefficient (Wildman–Crippen LogP) is 4.52. The van der Waals surface area contributed by atoms with Crippen molar-refractivity contribution in [2.75, 3.05) is 5.32 Å². The molecular formula is C30H40N4O5. The number of alkyl carbamates (subject to hydrolysis) is 1. The first-order valence-corrected chi connectivity index (χ1v) is 13.4. The number of benzene rings is 2. The van der Waals surface area contributed by atoms with Crippen LogP contribution in [0.1, 0.15) is 75.6 Å². The number of amides is 4. The summed E-state index contributed by atoms with van der Waals surface area (Å²) in [6.07, 6.45) is 1.45. The van der Waals surface area contributed by atoms with Crippen LogP contribution in [0, 0.1) is 13.8 Å². The van der Waals surface area contributed by atoms with Crippen LogP contribution in [0.5, 0.6) is 0 Å². The molecule has 0 aliphatic heterocycles. The summed E-state index contributed by atoms with van der Waals surface area (Å²) in [7, 11) is 0. The van der Waals surface area contributed by atoms with Crippen molar-refractivity contribution >= 4 is 29.5 Å². The molecule has 0 saturated heterocycles. The average Bonchev–Trinajstić information content (AvgIpc) is 2.81. The van der Waals surface area contributed by atoms with Gasteiger partial charge in [0.15, 0.2) is 0 Å². The molecule has 1 saturated carbocycles. The Morgan fingerprint density at radius 2 is 1.67 bits per heavy atom. The Morgan fingerprint density at radius 1 is 1.03 bits per heavy atom. The SMILES string of the molecule is Cc1ccc(C(C(=O)Nc2ccccc2C)N(C(=O)C(CCC(N)=O)NC(=O)OC(C)(C)C)C2CCC2)cc1.